The van der Waals surface area contributed by atoms with Gasteiger partial charge in [0, 0.05) is 10.7 Å². The number of guanidine groups is 2. The Labute approximate surface area is 188 Å². The predicted molar refractivity (Wildman–Crippen MR) is 127 cm³/mol. The van der Waals surface area contributed by atoms with Crippen molar-refractivity contribution in [2.24, 2.45) is 21.5 Å². The van der Waals surface area contributed by atoms with E-state index in [1.54, 1.807) is 0 Å². The largest absolute Gasteiger partial charge is 0.369 e. The molecule has 10 heteroatoms. The van der Waals surface area contributed by atoms with E-state index in [-0.39, 0.29) is 11.7 Å². The quantitative estimate of drug-likeness (QED) is 0.580. The van der Waals surface area contributed by atoms with Crippen LogP contribution >= 0.6 is 11.6 Å². The van der Waals surface area contributed by atoms with Crippen molar-refractivity contribution >= 4 is 39.3 Å². The van der Waals surface area contributed by atoms with Gasteiger partial charge < -0.3 is 11.5 Å². The maximum atomic E-state index is 9.56. The van der Waals surface area contributed by atoms with Gasteiger partial charge >= 0.3 is 0 Å². The number of anilines is 1. The first kappa shape index (κ1) is 24.6. The van der Waals surface area contributed by atoms with Crippen LogP contribution in [0.3, 0.4) is 0 Å². The Morgan fingerprint density at radius 2 is 1.71 bits per heavy atom. The van der Waals surface area contributed by atoms with Gasteiger partial charge in [0.25, 0.3) is 10.1 Å². The zero-order valence-electron chi connectivity index (χ0n) is 17.8. The third-order valence-corrected chi connectivity index (χ3v) is 5.66. The standard InChI is InChI=1S/C19H22ClN5.C2H6O3S/c1-19(2)24-17(21)23-18(22)25(19)15-11-10-14(16(20)12-15)9-8-13-6-4-3-5-7-13;1-2-6(3,4)5/h3-7,10-12H,8-9H2,1-2H3,(H4,21,22,23,24);2H2,1H3,(H,3,4,5). The van der Waals surface area contributed by atoms with E-state index in [4.69, 9.17) is 27.6 Å². The minimum atomic E-state index is -3.66. The molecule has 0 atom stereocenters. The summed E-state index contributed by atoms with van der Waals surface area (Å²) in [6.45, 7) is 5.23. The summed E-state index contributed by atoms with van der Waals surface area (Å²) in [7, 11) is -3.66. The van der Waals surface area contributed by atoms with Crippen LogP contribution in [0.4, 0.5) is 5.69 Å². The van der Waals surface area contributed by atoms with Crippen molar-refractivity contribution in [1.82, 2.24) is 0 Å². The van der Waals surface area contributed by atoms with Crippen LogP contribution in [0.5, 0.6) is 0 Å². The van der Waals surface area contributed by atoms with Crippen LogP contribution in [0.2, 0.25) is 5.02 Å². The molecule has 8 nitrogen and oxygen atoms in total. The number of nitrogens with two attached hydrogens (primary N) is 2. The Kier molecular flexibility index (Phi) is 8.05. The Balaban J connectivity index is 0.000000501. The van der Waals surface area contributed by atoms with Crippen molar-refractivity contribution in [3.63, 3.8) is 0 Å². The van der Waals surface area contributed by atoms with Gasteiger partial charge in [-0.2, -0.15) is 13.4 Å². The van der Waals surface area contributed by atoms with Gasteiger partial charge in [0.15, 0.2) is 0 Å². The van der Waals surface area contributed by atoms with E-state index in [1.165, 1.54) is 12.5 Å². The number of benzene rings is 2. The van der Waals surface area contributed by atoms with Crippen molar-refractivity contribution < 1.29 is 13.0 Å². The maximum absolute atomic E-state index is 9.56. The summed E-state index contributed by atoms with van der Waals surface area (Å²) in [6.07, 6.45) is 1.82. The molecule has 2 aromatic carbocycles. The van der Waals surface area contributed by atoms with Gasteiger partial charge in [-0.15, -0.1) is 0 Å². The van der Waals surface area contributed by atoms with Crippen molar-refractivity contribution in [3.8, 4) is 0 Å². The molecule has 1 aliphatic heterocycles. The van der Waals surface area contributed by atoms with Gasteiger partial charge in [-0.25, -0.2) is 4.99 Å². The molecular formula is C21H28ClN5O3S. The first-order valence-corrected chi connectivity index (χ1v) is 11.7. The Hall–Kier alpha value is -2.62. The van der Waals surface area contributed by atoms with Crippen LogP contribution in [-0.4, -0.2) is 36.3 Å². The molecule has 31 heavy (non-hydrogen) atoms. The summed E-state index contributed by atoms with van der Waals surface area (Å²) in [4.78, 5) is 10.3. The lowest BCUT2D eigenvalue weighted by Gasteiger charge is -2.38. The van der Waals surface area contributed by atoms with Crippen LogP contribution in [0.15, 0.2) is 58.5 Å². The molecule has 1 heterocycles. The first-order valence-electron chi connectivity index (χ1n) is 9.70. The molecule has 2 aromatic rings. The molecule has 0 aliphatic carbocycles. The van der Waals surface area contributed by atoms with Gasteiger partial charge in [0.1, 0.15) is 5.66 Å². The number of halogens is 1. The third-order valence-electron chi connectivity index (χ3n) is 4.58. The molecule has 0 amide bonds. The molecule has 0 radical (unpaired) electrons. The number of hydrogen-bond donors (Lipinski definition) is 3. The van der Waals surface area contributed by atoms with Crippen LogP contribution in [0.25, 0.3) is 0 Å². The van der Waals surface area contributed by atoms with E-state index >= 15 is 0 Å². The number of hydrogen-bond acceptors (Lipinski definition) is 7. The van der Waals surface area contributed by atoms with E-state index in [2.05, 4.69) is 22.1 Å². The fourth-order valence-electron chi connectivity index (χ4n) is 3.05. The fraction of sp³-hybridized carbons (Fsp3) is 0.333. The van der Waals surface area contributed by atoms with E-state index < -0.39 is 15.8 Å². The summed E-state index contributed by atoms with van der Waals surface area (Å²) in [5, 5.41) is 0.708. The normalized spacial score (nSPS) is 15.5. The Morgan fingerprint density at radius 1 is 1.10 bits per heavy atom. The Morgan fingerprint density at radius 3 is 2.23 bits per heavy atom. The maximum Gasteiger partial charge on any atom is 0.264 e. The lowest BCUT2D eigenvalue weighted by molar-refractivity contribution is 0.484. The van der Waals surface area contributed by atoms with E-state index in [0.29, 0.717) is 11.0 Å². The highest BCUT2D eigenvalue weighted by Crippen LogP contribution is 2.31. The van der Waals surface area contributed by atoms with Crippen molar-refractivity contribution in [3.05, 3.63) is 64.7 Å². The monoisotopic (exact) mass is 465 g/mol. The summed E-state index contributed by atoms with van der Waals surface area (Å²) in [5.74, 6) is 0.294. The zero-order chi connectivity index (χ0) is 23.2. The van der Waals surface area contributed by atoms with Gasteiger partial charge in [-0.3, -0.25) is 9.45 Å². The number of rotatable bonds is 5. The summed E-state index contributed by atoms with van der Waals surface area (Å²) in [5.41, 5.74) is 14.4. The topological polar surface area (TPSA) is 134 Å². The third kappa shape index (κ3) is 7.23. The smallest absolute Gasteiger partial charge is 0.264 e. The van der Waals surface area contributed by atoms with E-state index in [1.807, 2.05) is 55.1 Å². The van der Waals surface area contributed by atoms with Gasteiger partial charge in [0.05, 0.1) is 5.75 Å². The minimum absolute atomic E-state index is 0.185. The summed E-state index contributed by atoms with van der Waals surface area (Å²) >= 11 is 6.52. The second kappa shape index (κ2) is 10.1. The van der Waals surface area contributed by atoms with Gasteiger partial charge in [0.2, 0.25) is 11.9 Å². The molecule has 0 saturated heterocycles. The number of aliphatic imine (C=N–C) groups is 2. The highest BCUT2D eigenvalue weighted by atomic mass is 35.5. The number of aryl methyl sites for hydroxylation is 2. The van der Waals surface area contributed by atoms with Crippen molar-refractivity contribution in [2.45, 2.75) is 39.3 Å². The molecule has 0 fully saturated rings. The summed E-state index contributed by atoms with van der Waals surface area (Å²) in [6, 6.07) is 16.3. The lowest BCUT2D eigenvalue weighted by Crippen LogP contribution is -2.54. The number of nitrogens with zero attached hydrogens (tertiary/aromatic N) is 3. The van der Waals surface area contributed by atoms with Gasteiger partial charge in [-0.05, 0) is 56.9 Å². The second-order valence-corrected chi connectivity index (χ2v) is 9.55. The zero-order valence-corrected chi connectivity index (χ0v) is 19.4. The van der Waals surface area contributed by atoms with Crippen molar-refractivity contribution in [2.75, 3.05) is 10.7 Å². The molecule has 0 unspecified atom stereocenters. The molecule has 0 bridgehead atoms. The van der Waals surface area contributed by atoms with Crippen molar-refractivity contribution in [1.29, 1.82) is 0 Å². The average molecular weight is 466 g/mol. The molecule has 3 rings (SSSR count). The lowest BCUT2D eigenvalue weighted by atomic mass is 10.0. The molecule has 0 aromatic heterocycles. The SMILES string of the molecule is CC1(C)N=C(N)N=C(N)N1c1ccc(CCc2ccccc2)c(Cl)c1.CCS(=O)(=O)O. The predicted octanol–water partition coefficient (Wildman–Crippen LogP) is 3.20. The van der Waals surface area contributed by atoms with Crippen LogP contribution in [0, 0.1) is 0 Å². The van der Waals surface area contributed by atoms with Crippen LogP contribution < -0.4 is 16.4 Å². The molecule has 0 spiro atoms. The molecule has 0 saturated carbocycles. The fourth-order valence-corrected chi connectivity index (χ4v) is 3.32. The second-order valence-electron chi connectivity index (χ2n) is 7.40. The first-order chi connectivity index (χ1) is 14.4. The van der Waals surface area contributed by atoms with E-state index in [0.717, 1.165) is 24.1 Å². The molecular weight excluding hydrogens is 438 g/mol. The minimum Gasteiger partial charge on any atom is -0.369 e. The highest BCUT2D eigenvalue weighted by molar-refractivity contribution is 7.85. The molecule has 1 aliphatic rings. The van der Waals surface area contributed by atoms with Crippen LogP contribution in [-0.2, 0) is 23.0 Å². The van der Waals surface area contributed by atoms with E-state index in [9.17, 15) is 8.42 Å². The summed E-state index contributed by atoms with van der Waals surface area (Å²) < 4.78 is 26.9. The highest BCUT2D eigenvalue weighted by Gasteiger charge is 2.33. The van der Waals surface area contributed by atoms with Gasteiger partial charge in [-0.1, -0.05) is 48.0 Å². The Bertz CT molecular complexity index is 1070. The van der Waals surface area contributed by atoms with Crippen LogP contribution in [0.1, 0.15) is 31.9 Å². The average Bonchev–Trinajstić information content (AvgIpc) is 2.66. The molecule has 5 N–H and O–H groups in total. The molecule has 168 valence electrons.